The topological polar surface area (TPSA) is 87.3 Å². The minimum atomic E-state index is -0.520. The Bertz CT molecular complexity index is 393. The molecule has 0 fully saturated rings. The van der Waals surface area contributed by atoms with Crippen molar-refractivity contribution in [1.29, 1.82) is 0 Å². The molecule has 0 saturated heterocycles. The lowest BCUT2D eigenvalue weighted by Crippen LogP contribution is -2.49. The van der Waals surface area contributed by atoms with Crippen LogP contribution in [0.25, 0.3) is 0 Å². The number of carbonyl (C=O) groups is 3. The largest absolute Gasteiger partial charge is 0.356 e. The van der Waals surface area contributed by atoms with Crippen LogP contribution < -0.4 is 16.0 Å². The minimum Gasteiger partial charge on any atom is -0.356 e. The lowest BCUT2D eigenvalue weighted by atomic mass is 10.1. The summed E-state index contributed by atoms with van der Waals surface area (Å²) in [5, 5.41) is 8.49. The van der Waals surface area contributed by atoms with Crippen LogP contribution in [0.2, 0.25) is 0 Å². The number of carbonyl (C=O) groups excluding carboxylic acids is 3. The number of rotatable bonds is 10. The standard InChI is InChI=1S/C17H33N3O3/c1-11(2)15(21)18-10-8-7-9-14(17(23)19-13(5)6)20-16(22)12(3)4/h11-14H,7-10H2,1-6H3,(H,18,21)(H,19,23)(H,20,22). The number of unbranched alkanes of at least 4 members (excludes halogenated alkanes) is 1. The quantitative estimate of drug-likeness (QED) is 0.533. The first kappa shape index (κ1) is 21.4. The molecule has 0 rings (SSSR count). The van der Waals surface area contributed by atoms with Crippen LogP contribution in [0.5, 0.6) is 0 Å². The van der Waals surface area contributed by atoms with Crippen LogP contribution in [-0.4, -0.2) is 36.3 Å². The molecule has 0 aromatic rings. The summed E-state index contributed by atoms with van der Waals surface area (Å²) in [5.74, 6) is -0.422. The van der Waals surface area contributed by atoms with Gasteiger partial charge in [-0.3, -0.25) is 14.4 Å². The number of hydrogen-bond acceptors (Lipinski definition) is 3. The van der Waals surface area contributed by atoms with Crippen molar-refractivity contribution >= 4 is 17.7 Å². The molecule has 134 valence electrons. The SMILES string of the molecule is CC(C)NC(=O)C(CCCCNC(=O)C(C)C)NC(=O)C(C)C. The van der Waals surface area contributed by atoms with Gasteiger partial charge in [0.05, 0.1) is 0 Å². The van der Waals surface area contributed by atoms with E-state index in [2.05, 4.69) is 16.0 Å². The van der Waals surface area contributed by atoms with Gasteiger partial charge in [0.2, 0.25) is 17.7 Å². The van der Waals surface area contributed by atoms with Crippen LogP contribution in [0.15, 0.2) is 0 Å². The smallest absolute Gasteiger partial charge is 0.242 e. The van der Waals surface area contributed by atoms with E-state index in [4.69, 9.17) is 0 Å². The Balaban J connectivity index is 4.33. The molecule has 0 aromatic carbocycles. The van der Waals surface area contributed by atoms with E-state index >= 15 is 0 Å². The summed E-state index contributed by atoms with van der Waals surface area (Å²) >= 11 is 0. The maximum atomic E-state index is 12.2. The predicted octanol–water partition coefficient (Wildman–Crippen LogP) is 1.59. The molecule has 6 nitrogen and oxygen atoms in total. The van der Waals surface area contributed by atoms with Gasteiger partial charge in [-0.1, -0.05) is 27.7 Å². The van der Waals surface area contributed by atoms with E-state index in [-0.39, 0.29) is 35.6 Å². The van der Waals surface area contributed by atoms with Gasteiger partial charge in [0.1, 0.15) is 6.04 Å². The van der Waals surface area contributed by atoms with Crippen molar-refractivity contribution in [2.45, 2.75) is 72.9 Å². The Morgan fingerprint density at radius 3 is 1.78 bits per heavy atom. The number of amides is 3. The van der Waals surface area contributed by atoms with Crippen molar-refractivity contribution in [3.63, 3.8) is 0 Å². The van der Waals surface area contributed by atoms with Gasteiger partial charge in [-0.15, -0.1) is 0 Å². The summed E-state index contributed by atoms with van der Waals surface area (Å²) in [5.41, 5.74) is 0. The molecule has 0 aromatic heterocycles. The predicted molar refractivity (Wildman–Crippen MR) is 91.7 cm³/mol. The maximum absolute atomic E-state index is 12.2. The minimum absolute atomic E-state index is 0.0232. The highest BCUT2D eigenvalue weighted by atomic mass is 16.2. The molecule has 0 radical (unpaired) electrons. The summed E-state index contributed by atoms with van der Waals surface area (Å²) in [6, 6.07) is -0.487. The molecule has 0 spiro atoms. The van der Waals surface area contributed by atoms with E-state index in [1.165, 1.54) is 0 Å². The van der Waals surface area contributed by atoms with Crippen molar-refractivity contribution in [2.75, 3.05) is 6.54 Å². The summed E-state index contributed by atoms with van der Waals surface area (Å²) < 4.78 is 0. The van der Waals surface area contributed by atoms with Crippen LogP contribution in [0.1, 0.15) is 60.8 Å². The molecule has 0 saturated carbocycles. The van der Waals surface area contributed by atoms with Gasteiger partial charge < -0.3 is 16.0 Å². The molecule has 0 aliphatic heterocycles. The average molecular weight is 327 g/mol. The zero-order chi connectivity index (χ0) is 18.0. The Morgan fingerprint density at radius 2 is 1.30 bits per heavy atom. The molecule has 0 heterocycles. The van der Waals surface area contributed by atoms with Crippen molar-refractivity contribution in [2.24, 2.45) is 11.8 Å². The van der Waals surface area contributed by atoms with Gasteiger partial charge in [-0.2, -0.15) is 0 Å². The van der Waals surface area contributed by atoms with Gasteiger partial charge in [-0.05, 0) is 33.1 Å². The van der Waals surface area contributed by atoms with Crippen LogP contribution >= 0.6 is 0 Å². The third-order valence-electron chi connectivity index (χ3n) is 3.33. The van der Waals surface area contributed by atoms with E-state index in [9.17, 15) is 14.4 Å². The average Bonchev–Trinajstić information content (AvgIpc) is 2.43. The lowest BCUT2D eigenvalue weighted by Gasteiger charge is -2.21. The fraction of sp³-hybridized carbons (Fsp3) is 0.824. The first-order valence-corrected chi connectivity index (χ1v) is 8.53. The summed E-state index contributed by atoms with van der Waals surface area (Å²) in [4.78, 5) is 35.5. The second kappa shape index (κ2) is 11.0. The van der Waals surface area contributed by atoms with Crippen LogP contribution in [0.3, 0.4) is 0 Å². The maximum Gasteiger partial charge on any atom is 0.242 e. The zero-order valence-corrected chi connectivity index (χ0v) is 15.4. The van der Waals surface area contributed by atoms with Crippen molar-refractivity contribution < 1.29 is 14.4 Å². The Morgan fingerprint density at radius 1 is 0.739 bits per heavy atom. The summed E-state index contributed by atoms with van der Waals surface area (Å²) in [6.45, 7) is 11.7. The Hall–Kier alpha value is -1.59. The lowest BCUT2D eigenvalue weighted by molar-refractivity contribution is -0.131. The van der Waals surface area contributed by atoms with Crippen molar-refractivity contribution in [3.05, 3.63) is 0 Å². The summed E-state index contributed by atoms with van der Waals surface area (Å²) in [7, 11) is 0. The highest BCUT2D eigenvalue weighted by molar-refractivity contribution is 5.88. The third-order valence-corrected chi connectivity index (χ3v) is 3.33. The Labute approximate surface area is 140 Å². The number of nitrogens with one attached hydrogen (secondary N) is 3. The van der Waals surface area contributed by atoms with Gasteiger partial charge in [-0.25, -0.2) is 0 Å². The van der Waals surface area contributed by atoms with E-state index < -0.39 is 6.04 Å². The third kappa shape index (κ3) is 9.92. The van der Waals surface area contributed by atoms with Gasteiger partial charge >= 0.3 is 0 Å². The molecule has 23 heavy (non-hydrogen) atoms. The molecular formula is C17H33N3O3. The van der Waals surface area contributed by atoms with Crippen LogP contribution in [0, 0.1) is 11.8 Å². The van der Waals surface area contributed by atoms with Crippen molar-refractivity contribution in [1.82, 2.24) is 16.0 Å². The zero-order valence-electron chi connectivity index (χ0n) is 15.4. The molecule has 3 N–H and O–H groups in total. The van der Waals surface area contributed by atoms with E-state index in [0.29, 0.717) is 13.0 Å². The highest BCUT2D eigenvalue weighted by Gasteiger charge is 2.22. The fourth-order valence-electron chi connectivity index (χ4n) is 1.88. The van der Waals surface area contributed by atoms with E-state index in [1.807, 2.05) is 27.7 Å². The molecule has 0 aliphatic rings. The number of hydrogen-bond donors (Lipinski definition) is 3. The molecule has 0 aliphatic carbocycles. The molecular weight excluding hydrogens is 294 g/mol. The highest BCUT2D eigenvalue weighted by Crippen LogP contribution is 2.04. The Kier molecular flexibility index (Phi) is 10.3. The first-order chi connectivity index (χ1) is 10.6. The monoisotopic (exact) mass is 327 g/mol. The molecule has 1 atom stereocenters. The molecule has 1 unspecified atom stereocenters. The van der Waals surface area contributed by atoms with Crippen LogP contribution in [-0.2, 0) is 14.4 Å². The molecule has 6 heteroatoms. The fourth-order valence-corrected chi connectivity index (χ4v) is 1.88. The van der Waals surface area contributed by atoms with Crippen molar-refractivity contribution in [3.8, 4) is 0 Å². The second-order valence-corrected chi connectivity index (χ2v) is 6.82. The van der Waals surface area contributed by atoms with E-state index in [0.717, 1.165) is 12.8 Å². The van der Waals surface area contributed by atoms with E-state index in [1.54, 1.807) is 13.8 Å². The molecule has 0 bridgehead atoms. The van der Waals surface area contributed by atoms with Crippen LogP contribution in [0.4, 0.5) is 0 Å². The second-order valence-electron chi connectivity index (χ2n) is 6.82. The van der Waals surface area contributed by atoms with Gasteiger partial charge in [0.25, 0.3) is 0 Å². The normalized spacial score (nSPS) is 12.4. The van der Waals surface area contributed by atoms with Gasteiger partial charge in [0.15, 0.2) is 0 Å². The first-order valence-electron chi connectivity index (χ1n) is 8.53. The summed E-state index contributed by atoms with van der Waals surface area (Å²) in [6.07, 6.45) is 2.10. The molecule has 3 amide bonds. The van der Waals surface area contributed by atoms with Gasteiger partial charge in [0, 0.05) is 24.4 Å².